The van der Waals surface area contributed by atoms with Crippen LogP contribution >= 0.6 is 11.6 Å². The van der Waals surface area contributed by atoms with E-state index in [-0.39, 0.29) is 18.0 Å². The summed E-state index contributed by atoms with van der Waals surface area (Å²) in [5.41, 5.74) is 1.65. The molecule has 1 aliphatic heterocycles. The highest BCUT2D eigenvalue weighted by molar-refractivity contribution is 6.31. The molecule has 0 saturated heterocycles. The molecule has 1 heterocycles. The van der Waals surface area contributed by atoms with Crippen molar-refractivity contribution in [3.05, 3.63) is 34.1 Å². The second kappa shape index (κ2) is 6.97. The number of carboxylic acids is 1. The van der Waals surface area contributed by atoms with Gasteiger partial charge >= 0.3 is 12.0 Å². The third kappa shape index (κ3) is 3.64. The second-order valence-corrected chi connectivity index (χ2v) is 6.94. The minimum atomic E-state index is -0.758. The van der Waals surface area contributed by atoms with Crippen molar-refractivity contribution < 1.29 is 19.1 Å². The van der Waals surface area contributed by atoms with E-state index in [0.717, 1.165) is 11.1 Å². The molecule has 5 nitrogen and oxygen atoms in total. The highest BCUT2D eigenvalue weighted by Crippen LogP contribution is 2.28. The van der Waals surface area contributed by atoms with E-state index >= 15 is 0 Å². The van der Waals surface area contributed by atoms with Gasteiger partial charge in [0.25, 0.3) is 0 Å². The SMILES string of the molecule is O=C(O)C1CCC(NC(=O)N2CCc3c(Cl)cc(F)cc3C2)CC1. The first-order valence-corrected chi connectivity index (χ1v) is 8.57. The van der Waals surface area contributed by atoms with Crippen molar-refractivity contribution in [3.8, 4) is 0 Å². The van der Waals surface area contributed by atoms with Crippen molar-refractivity contribution in [2.24, 2.45) is 5.92 Å². The minimum Gasteiger partial charge on any atom is -0.481 e. The fraction of sp³-hybridized carbons (Fsp3) is 0.529. The van der Waals surface area contributed by atoms with Crippen LogP contribution in [0.4, 0.5) is 9.18 Å². The molecule has 24 heavy (non-hydrogen) atoms. The van der Waals surface area contributed by atoms with Crippen LogP contribution in [0.2, 0.25) is 5.02 Å². The van der Waals surface area contributed by atoms with Crippen LogP contribution in [0.5, 0.6) is 0 Å². The van der Waals surface area contributed by atoms with E-state index in [1.165, 1.54) is 12.1 Å². The van der Waals surface area contributed by atoms with Gasteiger partial charge in [-0.05, 0) is 55.4 Å². The van der Waals surface area contributed by atoms with Gasteiger partial charge in [-0.2, -0.15) is 0 Å². The van der Waals surface area contributed by atoms with E-state index in [1.54, 1.807) is 4.90 Å². The lowest BCUT2D eigenvalue weighted by atomic mass is 9.86. The Balaban J connectivity index is 1.58. The predicted octanol–water partition coefficient (Wildman–Crippen LogP) is 3.19. The molecular formula is C17H20ClFN2O3. The Kier molecular flexibility index (Phi) is 4.94. The molecular weight excluding hydrogens is 335 g/mol. The van der Waals surface area contributed by atoms with E-state index in [9.17, 15) is 14.0 Å². The van der Waals surface area contributed by atoms with E-state index in [4.69, 9.17) is 16.7 Å². The molecule has 0 unspecified atom stereocenters. The lowest BCUT2D eigenvalue weighted by Crippen LogP contribution is -2.47. The number of hydrogen-bond donors (Lipinski definition) is 2. The van der Waals surface area contributed by atoms with Gasteiger partial charge in [0.05, 0.1) is 5.92 Å². The van der Waals surface area contributed by atoms with Crippen LogP contribution in [0.15, 0.2) is 12.1 Å². The predicted molar refractivity (Wildman–Crippen MR) is 87.4 cm³/mol. The quantitative estimate of drug-likeness (QED) is 0.857. The first kappa shape index (κ1) is 17.0. The Hall–Kier alpha value is -1.82. The average molecular weight is 355 g/mol. The highest BCUT2D eigenvalue weighted by atomic mass is 35.5. The Labute approximate surface area is 144 Å². The standard InChI is InChI=1S/C17H20ClFN2O3/c18-15-8-12(19)7-11-9-21(6-5-14(11)15)17(24)20-13-3-1-10(2-4-13)16(22)23/h7-8,10,13H,1-6,9H2,(H,20,24)(H,22,23). The van der Waals surface area contributed by atoms with Gasteiger partial charge < -0.3 is 15.3 Å². The molecule has 0 radical (unpaired) electrons. The van der Waals surface area contributed by atoms with E-state index in [2.05, 4.69) is 5.32 Å². The topological polar surface area (TPSA) is 69.6 Å². The summed E-state index contributed by atoms with van der Waals surface area (Å²) in [7, 11) is 0. The number of carbonyl (C=O) groups is 2. The monoisotopic (exact) mass is 354 g/mol. The largest absolute Gasteiger partial charge is 0.481 e. The number of nitrogens with zero attached hydrogens (tertiary/aromatic N) is 1. The summed E-state index contributed by atoms with van der Waals surface area (Å²) < 4.78 is 13.5. The number of aliphatic carboxylic acids is 1. The summed E-state index contributed by atoms with van der Waals surface area (Å²) in [6.07, 6.45) is 3.13. The Morgan fingerprint density at radius 1 is 1.25 bits per heavy atom. The van der Waals surface area contributed by atoms with Crippen LogP contribution in [-0.4, -0.2) is 34.6 Å². The number of carboxylic acid groups (broad SMARTS) is 1. The van der Waals surface area contributed by atoms with E-state index < -0.39 is 11.8 Å². The number of halogens is 2. The maximum Gasteiger partial charge on any atom is 0.317 e. The number of amides is 2. The van der Waals surface area contributed by atoms with Gasteiger partial charge in [0, 0.05) is 24.2 Å². The molecule has 1 aromatic rings. The van der Waals surface area contributed by atoms with Crippen molar-refractivity contribution in [2.45, 2.75) is 44.7 Å². The smallest absolute Gasteiger partial charge is 0.317 e. The lowest BCUT2D eigenvalue weighted by molar-refractivity contribution is -0.142. The zero-order valence-corrected chi connectivity index (χ0v) is 14.0. The molecule has 130 valence electrons. The first-order valence-electron chi connectivity index (χ1n) is 8.19. The van der Waals surface area contributed by atoms with Gasteiger partial charge in [0.2, 0.25) is 0 Å². The average Bonchev–Trinajstić information content (AvgIpc) is 2.54. The normalized spacial score (nSPS) is 23.5. The summed E-state index contributed by atoms with van der Waals surface area (Å²) in [5.74, 6) is -1.45. The summed E-state index contributed by atoms with van der Waals surface area (Å²) in [4.78, 5) is 25.1. The van der Waals surface area contributed by atoms with Crippen molar-refractivity contribution >= 4 is 23.6 Å². The molecule has 0 aromatic heterocycles. The van der Waals surface area contributed by atoms with E-state index in [0.29, 0.717) is 50.2 Å². The number of rotatable bonds is 2. The van der Waals surface area contributed by atoms with Gasteiger partial charge in [0.1, 0.15) is 5.82 Å². The third-order valence-electron chi connectivity index (χ3n) is 4.94. The fourth-order valence-corrected chi connectivity index (χ4v) is 3.85. The molecule has 2 aliphatic rings. The molecule has 3 rings (SSSR count). The molecule has 7 heteroatoms. The van der Waals surface area contributed by atoms with Crippen LogP contribution in [0, 0.1) is 11.7 Å². The third-order valence-corrected chi connectivity index (χ3v) is 5.27. The number of urea groups is 1. The summed E-state index contributed by atoms with van der Waals surface area (Å²) in [6, 6.07) is 2.56. The van der Waals surface area contributed by atoms with Crippen LogP contribution in [0.3, 0.4) is 0 Å². The van der Waals surface area contributed by atoms with Crippen molar-refractivity contribution in [2.75, 3.05) is 6.54 Å². The molecule has 2 amide bonds. The minimum absolute atomic E-state index is 0.00518. The number of carbonyl (C=O) groups excluding carboxylic acids is 1. The van der Waals surface area contributed by atoms with Gasteiger partial charge in [0.15, 0.2) is 0 Å². The Bertz CT molecular complexity index is 659. The van der Waals surface area contributed by atoms with E-state index in [1.807, 2.05) is 0 Å². The van der Waals surface area contributed by atoms with Crippen molar-refractivity contribution in [1.29, 1.82) is 0 Å². The molecule has 1 saturated carbocycles. The zero-order chi connectivity index (χ0) is 17.3. The summed E-state index contributed by atoms with van der Waals surface area (Å²) >= 11 is 6.06. The van der Waals surface area contributed by atoms with Gasteiger partial charge in [-0.3, -0.25) is 4.79 Å². The molecule has 1 fully saturated rings. The lowest BCUT2D eigenvalue weighted by Gasteiger charge is -2.33. The number of hydrogen-bond acceptors (Lipinski definition) is 2. The van der Waals surface area contributed by atoms with Gasteiger partial charge in [-0.15, -0.1) is 0 Å². The number of nitrogens with one attached hydrogen (secondary N) is 1. The highest BCUT2D eigenvalue weighted by Gasteiger charge is 2.29. The molecule has 2 N–H and O–H groups in total. The Morgan fingerprint density at radius 3 is 2.62 bits per heavy atom. The van der Waals surface area contributed by atoms with Crippen LogP contribution in [0.1, 0.15) is 36.8 Å². The maximum absolute atomic E-state index is 13.5. The fourth-order valence-electron chi connectivity index (χ4n) is 3.53. The Morgan fingerprint density at radius 2 is 1.96 bits per heavy atom. The van der Waals surface area contributed by atoms with Crippen LogP contribution in [-0.2, 0) is 17.8 Å². The second-order valence-electron chi connectivity index (χ2n) is 6.53. The number of fused-ring (bicyclic) bond motifs is 1. The van der Waals surface area contributed by atoms with Crippen LogP contribution in [0.25, 0.3) is 0 Å². The molecule has 1 aliphatic carbocycles. The molecule has 0 bridgehead atoms. The first-order chi connectivity index (χ1) is 11.4. The molecule has 1 aromatic carbocycles. The number of benzene rings is 1. The van der Waals surface area contributed by atoms with Gasteiger partial charge in [-0.25, -0.2) is 9.18 Å². The molecule has 0 spiro atoms. The maximum atomic E-state index is 13.5. The zero-order valence-electron chi connectivity index (χ0n) is 13.2. The van der Waals surface area contributed by atoms with Crippen molar-refractivity contribution in [3.63, 3.8) is 0 Å². The van der Waals surface area contributed by atoms with Crippen LogP contribution < -0.4 is 5.32 Å². The van der Waals surface area contributed by atoms with Crippen molar-refractivity contribution in [1.82, 2.24) is 10.2 Å². The summed E-state index contributed by atoms with van der Waals surface area (Å²) in [6.45, 7) is 0.873. The molecule has 0 atom stereocenters. The summed E-state index contributed by atoms with van der Waals surface area (Å²) in [5, 5.41) is 12.4. The van der Waals surface area contributed by atoms with Gasteiger partial charge in [-0.1, -0.05) is 11.6 Å².